The largest absolute Gasteiger partial charge is 0.253 e. The molecule has 18 heavy (non-hydrogen) atoms. The van der Waals surface area contributed by atoms with Crippen LogP contribution in [0.3, 0.4) is 0 Å². The van der Waals surface area contributed by atoms with Crippen molar-refractivity contribution in [2.75, 3.05) is 5.43 Å². The summed E-state index contributed by atoms with van der Waals surface area (Å²) in [6.45, 7) is 1.95. The van der Waals surface area contributed by atoms with Crippen molar-refractivity contribution in [3.8, 4) is 0 Å². The minimum atomic E-state index is 0.689. The highest BCUT2D eigenvalue weighted by Crippen LogP contribution is 2.26. The molecule has 1 heterocycles. The Labute approximate surface area is 136 Å². The number of nitrogens with one attached hydrogen (secondary N) is 1. The highest BCUT2D eigenvalue weighted by Gasteiger charge is 2.04. The molecule has 3 nitrogen and oxygen atoms in total. The van der Waals surface area contributed by atoms with Gasteiger partial charge in [0, 0.05) is 24.0 Å². The van der Waals surface area contributed by atoms with Crippen LogP contribution in [-0.2, 0) is 0 Å². The summed E-state index contributed by atoms with van der Waals surface area (Å²) < 4.78 is 2.03. The van der Waals surface area contributed by atoms with Crippen LogP contribution >= 0.6 is 61.5 Å². The van der Waals surface area contributed by atoms with E-state index in [4.69, 9.17) is 11.6 Å². The maximum absolute atomic E-state index is 6.00. The molecule has 0 fully saturated rings. The molecule has 0 amide bonds. The van der Waals surface area contributed by atoms with E-state index in [9.17, 15) is 0 Å². The standard InChI is InChI=1S/C11H8BrClIN3S/c1-6-5-18-11(16-6)17-15-4-7-2-8(13)3-9(14)10(7)12/h2-5H,1H3,(H,16,17). The first-order valence-electron chi connectivity index (χ1n) is 4.92. The number of benzene rings is 1. The molecule has 0 atom stereocenters. The van der Waals surface area contributed by atoms with Crippen molar-refractivity contribution in [2.24, 2.45) is 5.10 Å². The Morgan fingerprint density at radius 1 is 1.56 bits per heavy atom. The summed E-state index contributed by atoms with van der Waals surface area (Å²) in [4.78, 5) is 4.25. The van der Waals surface area contributed by atoms with Gasteiger partial charge in [-0.3, -0.25) is 5.43 Å². The first kappa shape index (κ1) is 14.2. The lowest BCUT2D eigenvalue weighted by Crippen LogP contribution is -1.92. The summed E-state index contributed by atoms with van der Waals surface area (Å²) in [5.41, 5.74) is 4.80. The van der Waals surface area contributed by atoms with E-state index < -0.39 is 0 Å². The van der Waals surface area contributed by atoms with Gasteiger partial charge in [0.05, 0.1) is 11.9 Å². The van der Waals surface area contributed by atoms with Crippen molar-refractivity contribution in [3.05, 3.63) is 41.8 Å². The van der Waals surface area contributed by atoms with Crippen LogP contribution in [0.2, 0.25) is 5.02 Å². The number of hydrogen-bond donors (Lipinski definition) is 1. The lowest BCUT2D eigenvalue weighted by molar-refractivity contribution is 1.22. The molecule has 0 bridgehead atoms. The molecule has 94 valence electrons. The highest BCUT2D eigenvalue weighted by molar-refractivity contribution is 14.1. The van der Waals surface area contributed by atoms with Crippen molar-refractivity contribution in [1.29, 1.82) is 0 Å². The van der Waals surface area contributed by atoms with Crippen LogP contribution in [0, 0.1) is 10.5 Å². The third-order valence-corrected chi connectivity index (χ3v) is 5.56. The van der Waals surface area contributed by atoms with Gasteiger partial charge >= 0.3 is 0 Å². The Balaban J connectivity index is 2.14. The molecule has 0 spiro atoms. The molecule has 0 saturated heterocycles. The molecule has 0 aliphatic heterocycles. The second kappa shape index (κ2) is 6.31. The van der Waals surface area contributed by atoms with E-state index >= 15 is 0 Å². The quantitative estimate of drug-likeness (QED) is 0.308. The van der Waals surface area contributed by atoms with Gasteiger partial charge in [0.1, 0.15) is 0 Å². The predicted octanol–water partition coefficient (Wildman–Crippen LogP) is 4.92. The van der Waals surface area contributed by atoms with E-state index in [-0.39, 0.29) is 0 Å². The van der Waals surface area contributed by atoms with Crippen LogP contribution < -0.4 is 5.43 Å². The van der Waals surface area contributed by atoms with Crippen molar-refractivity contribution in [2.45, 2.75) is 6.92 Å². The van der Waals surface area contributed by atoms with Crippen LogP contribution in [0.25, 0.3) is 0 Å². The second-order valence-corrected chi connectivity index (χ2v) is 6.70. The highest BCUT2D eigenvalue weighted by atomic mass is 127. The SMILES string of the molecule is Cc1csc(NN=Cc2cc(Cl)cc(I)c2Br)n1. The Bertz CT molecular complexity index is 600. The summed E-state index contributed by atoms with van der Waals surface area (Å²) >= 11 is 13.2. The third-order valence-electron chi connectivity index (χ3n) is 2.00. The Morgan fingerprint density at radius 3 is 3.00 bits per heavy atom. The van der Waals surface area contributed by atoms with Gasteiger partial charge in [-0.2, -0.15) is 5.10 Å². The fourth-order valence-corrected chi connectivity index (χ4v) is 3.26. The van der Waals surface area contributed by atoms with Gasteiger partial charge in [-0.15, -0.1) is 11.3 Å². The molecule has 2 rings (SSSR count). The second-order valence-electron chi connectivity index (χ2n) is 3.45. The van der Waals surface area contributed by atoms with Crippen LogP contribution in [0.5, 0.6) is 0 Å². The minimum absolute atomic E-state index is 0.689. The summed E-state index contributed by atoms with van der Waals surface area (Å²) in [5, 5.41) is 7.58. The molecule has 1 N–H and O–H groups in total. The molecule has 2 aromatic rings. The van der Waals surface area contributed by atoms with Gasteiger partial charge in [0.25, 0.3) is 0 Å². The lowest BCUT2D eigenvalue weighted by Gasteiger charge is -2.02. The normalized spacial score (nSPS) is 11.1. The first-order valence-corrected chi connectivity index (χ1v) is 8.05. The zero-order chi connectivity index (χ0) is 13.1. The molecular weight excluding hydrogens is 448 g/mol. The average Bonchev–Trinajstić information content (AvgIpc) is 2.71. The molecule has 0 saturated carbocycles. The van der Waals surface area contributed by atoms with Gasteiger partial charge in [0.2, 0.25) is 5.13 Å². The summed E-state index contributed by atoms with van der Waals surface area (Å²) in [5.74, 6) is 0. The van der Waals surface area contributed by atoms with E-state index in [2.05, 4.69) is 54.0 Å². The van der Waals surface area contributed by atoms with E-state index in [1.54, 1.807) is 6.21 Å². The number of hydrazone groups is 1. The maximum Gasteiger partial charge on any atom is 0.203 e. The summed E-state index contributed by atoms with van der Waals surface area (Å²) in [6, 6.07) is 3.74. The summed E-state index contributed by atoms with van der Waals surface area (Å²) in [6.07, 6.45) is 1.72. The molecule has 0 aliphatic rings. The molecular formula is C11H8BrClIN3S. The molecule has 1 aromatic carbocycles. The van der Waals surface area contributed by atoms with Crippen molar-refractivity contribution >= 4 is 72.8 Å². The Morgan fingerprint density at radius 2 is 2.33 bits per heavy atom. The number of anilines is 1. The molecule has 1 aromatic heterocycles. The van der Waals surface area contributed by atoms with E-state index in [1.165, 1.54) is 11.3 Å². The molecule has 0 aliphatic carbocycles. The van der Waals surface area contributed by atoms with E-state index in [0.29, 0.717) is 5.02 Å². The van der Waals surface area contributed by atoms with Gasteiger partial charge < -0.3 is 0 Å². The Hall–Kier alpha value is -0.180. The van der Waals surface area contributed by atoms with Gasteiger partial charge in [-0.05, 0) is 57.6 Å². The average molecular weight is 457 g/mol. The first-order chi connectivity index (χ1) is 8.56. The summed E-state index contributed by atoms with van der Waals surface area (Å²) in [7, 11) is 0. The fraction of sp³-hybridized carbons (Fsp3) is 0.0909. The number of aromatic nitrogens is 1. The minimum Gasteiger partial charge on any atom is -0.253 e. The number of rotatable bonds is 3. The van der Waals surface area contributed by atoms with E-state index in [1.807, 2.05) is 24.4 Å². The number of hydrogen-bond acceptors (Lipinski definition) is 4. The lowest BCUT2D eigenvalue weighted by atomic mass is 10.2. The van der Waals surface area contributed by atoms with Crippen LogP contribution in [0.4, 0.5) is 5.13 Å². The van der Waals surface area contributed by atoms with Gasteiger partial charge in [-0.25, -0.2) is 4.98 Å². The topological polar surface area (TPSA) is 37.3 Å². The van der Waals surface area contributed by atoms with Crippen LogP contribution in [-0.4, -0.2) is 11.2 Å². The molecule has 7 heteroatoms. The smallest absolute Gasteiger partial charge is 0.203 e. The zero-order valence-electron chi connectivity index (χ0n) is 9.25. The zero-order valence-corrected chi connectivity index (χ0v) is 14.6. The number of halogens is 3. The van der Waals surface area contributed by atoms with Crippen molar-refractivity contribution in [1.82, 2.24) is 4.98 Å². The number of nitrogens with zero attached hydrogens (tertiary/aromatic N) is 2. The van der Waals surface area contributed by atoms with Crippen LogP contribution in [0.15, 0.2) is 27.1 Å². The van der Waals surface area contributed by atoms with Crippen LogP contribution in [0.1, 0.15) is 11.3 Å². The van der Waals surface area contributed by atoms with E-state index in [0.717, 1.165) is 24.4 Å². The van der Waals surface area contributed by atoms with Gasteiger partial charge in [0.15, 0.2) is 0 Å². The fourth-order valence-electron chi connectivity index (χ4n) is 1.23. The predicted molar refractivity (Wildman–Crippen MR) is 89.9 cm³/mol. The van der Waals surface area contributed by atoms with Crippen molar-refractivity contribution < 1.29 is 0 Å². The number of aryl methyl sites for hydroxylation is 1. The Kier molecular flexibility index (Phi) is 4.99. The van der Waals surface area contributed by atoms with Crippen molar-refractivity contribution in [3.63, 3.8) is 0 Å². The molecule has 0 unspecified atom stereocenters. The monoisotopic (exact) mass is 455 g/mol. The maximum atomic E-state index is 6.00. The number of thiazole rings is 1. The van der Waals surface area contributed by atoms with Gasteiger partial charge in [-0.1, -0.05) is 11.6 Å². The molecule has 0 radical (unpaired) electrons. The third kappa shape index (κ3) is 3.66.